The van der Waals surface area contributed by atoms with E-state index in [0.717, 1.165) is 52.2 Å². The Kier molecular flexibility index (Phi) is 6.50. The molecule has 34 heavy (non-hydrogen) atoms. The van der Waals surface area contributed by atoms with E-state index in [-0.39, 0.29) is 5.56 Å². The Morgan fingerprint density at radius 2 is 1.74 bits per heavy atom. The molecule has 3 aromatic rings. The zero-order valence-electron chi connectivity index (χ0n) is 19.5. The van der Waals surface area contributed by atoms with Gasteiger partial charge in [0.1, 0.15) is 22.7 Å². The van der Waals surface area contributed by atoms with Gasteiger partial charge in [0.15, 0.2) is 0 Å². The molecule has 180 valence electrons. The van der Waals surface area contributed by atoms with Crippen molar-refractivity contribution in [1.82, 2.24) is 19.9 Å². The van der Waals surface area contributed by atoms with E-state index in [9.17, 15) is 4.79 Å². The van der Waals surface area contributed by atoms with Crippen LogP contribution in [0.2, 0.25) is 0 Å². The fraction of sp³-hybridized carbons (Fsp3) is 0.458. The summed E-state index contributed by atoms with van der Waals surface area (Å²) in [7, 11) is 3.20. The average molecular weight is 467 g/mol. The molecule has 2 N–H and O–H groups in total. The minimum atomic E-state index is -0.243. The van der Waals surface area contributed by atoms with Gasteiger partial charge in [0, 0.05) is 62.3 Å². The number of hydrogen-bond acceptors (Lipinski definition) is 9. The molecule has 10 nitrogen and oxygen atoms in total. The van der Waals surface area contributed by atoms with Crippen LogP contribution in [0.1, 0.15) is 12.8 Å². The topological polar surface area (TPSA) is 105 Å². The first-order valence-corrected chi connectivity index (χ1v) is 11.6. The molecule has 0 saturated carbocycles. The third-order valence-electron chi connectivity index (χ3n) is 6.53. The van der Waals surface area contributed by atoms with Crippen LogP contribution < -0.4 is 25.2 Å². The number of anilines is 3. The van der Waals surface area contributed by atoms with Crippen molar-refractivity contribution in [2.75, 3.05) is 63.8 Å². The summed E-state index contributed by atoms with van der Waals surface area (Å²) in [6.45, 7) is 5.35. The van der Waals surface area contributed by atoms with E-state index in [2.05, 4.69) is 20.1 Å². The zero-order valence-corrected chi connectivity index (χ0v) is 19.5. The van der Waals surface area contributed by atoms with Gasteiger partial charge >= 0.3 is 0 Å². The minimum absolute atomic E-state index is 0.243. The van der Waals surface area contributed by atoms with Crippen molar-refractivity contribution >= 4 is 28.4 Å². The predicted molar refractivity (Wildman–Crippen MR) is 131 cm³/mol. The number of methoxy groups -OCH3 is 2. The van der Waals surface area contributed by atoms with Crippen molar-refractivity contribution in [3.8, 4) is 11.5 Å². The van der Waals surface area contributed by atoms with Crippen LogP contribution in [0, 0.1) is 0 Å². The standard InChI is InChI=1S/C24H30N6O4/c1-32-18-13-16(14-19(15-18)33-2)26-22-21-20(3-6-25-23(21)31)27-24(28-22)30-7-4-17(5-8-30)29-9-11-34-12-10-29/h3,6,13-15,17H,4-5,7-12H2,1-2H3,(H,25,31)(H,26,27,28). The van der Waals surface area contributed by atoms with Crippen LogP contribution in [0.25, 0.3) is 10.9 Å². The third-order valence-corrected chi connectivity index (χ3v) is 6.53. The number of rotatable bonds is 6. The highest BCUT2D eigenvalue weighted by atomic mass is 16.5. The summed E-state index contributed by atoms with van der Waals surface area (Å²) >= 11 is 0. The lowest BCUT2D eigenvalue weighted by Gasteiger charge is -2.40. The van der Waals surface area contributed by atoms with Gasteiger partial charge in [0.25, 0.3) is 5.56 Å². The highest BCUT2D eigenvalue weighted by Gasteiger charge is 2.27. The van der Waals surface area contributed by atoms with Gasteiger partial charge in [-0.15, -0.1) is 0 Å². The molecule has 2 aromatic heterocycles. The number of pyridine rings is 1. The van der Waals surface area contributed by atoms with Crippen molar-refractivity contribution in [3.63, 3.8) is 0 Å². The van der Waals surface area contributed by atoms with Crippen LogP contribution in [0.15, 0.2) is 35.3 Å². The number of H-pyrrole nitrogens is 1. The van der Waals surface area contributed by atoms with E-state index < -0.39 is 0 Å². The Morgan fingerprint density at radius 3 is 2.41 bits per heavy atom. The van der Waals surface area contributed by atoms with E-state index in [1.807, 2.05) is 12.1 Å². The Morgan fingerprint density at radius 1 is 1.03 bits per heavy atom. The zero-order chi connectivity index (χ0) is 23.5. The van der Waals surface area contributed by atoms with E-state index in [1.54, 1.807) is 32.5 Å². The molecule has 0 bridgehead atoms. The first-order chi connectivity index (χ1) is 16.6. The molecule has 2 aliphatic heterocycles. The summed E-state index contributed by atoms with van der Waals surface area (Å²) < 4.78 is 16.3. The average Bonchev–Trinajstić information content (AvgIpc) is 2.89. The second-order valence-electron chi connectivity index (χ2n) is 8.53. The van der Waals surface area contributed by atoms with Crippen molar-refractivity contribution < 1.29 is 14.2 Å². The van der Waals surface area contributed by atoms with E-state index in [0.29, 0.717) is 45.9 Å². The number of benzene rings is 1. The number of hydrogen-bond donors (Lipinski definition) is 2. The highest BCUT2D eigenvalue weighted by molar-refractivity contribution is 5.91. The van der Waals surface area contributed by atoms with Crippen molar-refractivity contribution in [3.05, 3.63) is 40.8 Å². The SMILES string of the molecule is COc1cc(Nc2nc(N3CCC(N4CCOCC4)CC3)nc3cc[nH]c(=O)c23)cc(OC)c1. The maximum Gasteiger partial charge on any atom is 0.261 e. The second-order valence-corrected chi connectivity index (χ2v) is 8.53. The number of aromatic amines is 1. The summed E-state index contributed by atoms with van der Waals surface area (Å²) in [5, 5.41) is 3.71. The number of aromatic nitrogens is 3. The van der Waals surface area contributed by atoms with Gasteiger partial charge in [0.05, 0.1) is 33.0 Å². The number of ether oxygens (including phenoxy) is 3. The fourth-order valence-corrected chi connectivity index (χ4v) is 4.70. The van der Waals surface area contributed by atoms with Gasteiger partial charge in [0.2, 0.25) is 5.95 Å². The molecule has 0 unspecified atom stereocenters. The Labute approximate surface area is 197 Å². The molecule has 0 aliphatic carbocycles. The Balaban J connectivity index is 1.44. The lowest BCUT2D eigenvalue weighted by molar-refractivity contribution is 0.0114. The summed E-state index contributed by atoms with van der Waals surface area (Å²) in [6, 6.07) is 7.83. The number of morpholine rings is 1. The summed E-state index contributed by atoms with van der Waals surface area (Å²) in [4.78, 5) is 29.7. The smallest absolute Gasteiger partial charge is 0.261 e. The molecule has 0 radical (unpaired) electrons. The highest BCUT2D eigenvalue weighted by Crippen LogP contribution is 2.30. The third kappa shape index (κ3) is 4.64. The predicted octanol–water partition coefficient (Wildman–Crippen LogP) is 2.38. The van der Waals surface area contributed by atoms with E-state index >= 15 is 0 Å². The van der Waals surface area contributed by atoms with Crippen LogP contribution in [-0.4, -0.2) is 79.5 Å². The van der Waals surface area contributed by atoms with Crippen LogP contribution in [0.4, 0.5) is 17.5 Å². The van der Waals surface area contributed by atoms with Gasteiger partial charge in [-0.25, -0.2) is 4.98 Å². The molecule has 0 spiro atoms. The molecule has 1 aromatic carbocycles. The molecule has 0 atom stereocenters. The van der Waals surface area contributed by atoms with Crippen molar-refractivity contribution in [2.24, 2.45) is 0 Å². The van der Waals surface area contributed by atoms with Gasteiger partial charge in [-0.05, 0) is 18.9 Å². The van der Waals surface area contributed by atoms with Crippen molar-refractivity contribution in [2.45, 2.75) is 18.9 Å². The maximum atomic E-state index is 12.7. The van der Waals surface area contributed by atoms with Gasteiger partial charge in [-0.1, -0.05) is 0 Å². The number of fused-ring (bicyclic) bond motifs is 1. The van der Waals surface area contributed by atoms with E-state index in [4.69, 9.17) is 24.2 Å². The molecule has 2 fully saturated rings. The Hall–Kier alpha value is -3.37. The summed E-state index contributed by atoms with van der Waals surface area (Å²) in [6.07, 6.45) is 3.71. The van der Waals surface area contributed by atoms with Crippen LogP contribution >= 0.6 is 0 Å². The first kappa shape index (κ1) is 22.4. The Bertz CT molecular complexity index is 1180. The maximum absolute atomic E-state index is 12.7. The minimum Gasteiger partial charge on any atom is -0.497 e. The second kappa shape index (κ2) is 9.86. The molecule has 0 amide bonds. The normalized spacial score (nSPS) is 17.6. The van der Waals surface area contributed by atoms with Crippen LogP contribution in [-0.2, 0) is 4.74 Å². The number of nitrogens with zero attached hydrogens (tertiary/aromatic N) is 4. The molecule has 2 saturated heterocycles. The monoisotopic (exact) mass is 466 g/mol. The molecular formula is C24H30N6O4. The summed E-state index contributed by atoms with van der Waals surface area (Å²) in [5.41, 5.74) is 1.06. The van der Waals surface area contributed by atoms with Gasteiger partial charge in [-0.2, -0.15) is 4.98 Å². The van der Waals surface area contributed by atoms with E-state index in [1.165, 1.54) is 0 Å². The molecule has 2 aliphatic rings. The molecule has 4 heterocycles. The quantitative estimate of drug-likeness (QED) is 0.566. The lowest BCUT2D eigenvalue weighted by atomic mass is 10.0. The molecule has 10 heteroatoms. The van der Waals surface area contributed by atoms with Crippen LogP contribution in [0.3, 0.4) is 0 Å². The van der Waals surface area contributed by atoms with Crippen LogP contribution in [0.5, 0.6) is 11.5 Å². The van der Waals surface area contributed by atoms with Gasteiger partial charge < -0.3 is 29.4 Å². The lowest BCUT2D eigenvalue weighted by Crippen LogP contribution is -2.49. The molecule has 5 rings (SSSR count). The first-order valence-electron chi connectivity index (χ1n) is 11.6. The van der Waals surface area contributed by atoms with Gasteiger partial charge in [-0.3, -0.25) is 9.69 Å². The number of nitrogens with one attached hydrogen (secondary N) is 2. The number of piperidine rings is 1. The fourth-order valence-electron chi connectivity index (χ4n) is 4.70. The summed E-state index contributed by atoms with van der Waals surface area (Å²) in [5.74, 6) is 2.35. The largest absolute Gasteiger partial charge is 0.497 e. The molecular weight excluding hydrogens is 436 g/mol. The van der Waals surface area contributed by atoms with Crippen molar-refractivity contribution in [1.29, 1.82) is 0 Å².